The van der Waals surface area contributed by atoms with Crippen LogP contribution in [0.15, 0.2) is 45.3 Å². The Bertz CT molecular complexity index is 1120. The Morgan fingerprint density at radius 3 is 2.57 bits per heavy atom. The number of aromatic nitrogens is 2. The van der Waals surface area contributed by atoms with Crippen LogP contribution in [0.25, 0.3) is 33.5 Å². The Morgan fingerprint density at radius 1 is 1.11 bits per heavy atom. The van der Waals surface area contributed by atoms with Crippen molar-refractivity contribution in [2.45, 2.75) is 20.4 Å². The molecular formula is C22H23N3O3. The minimum absolute atomic E-state index is 0.709. The molecule has 0 aliphatic heterocycles. The maximum atomic E-state index is 6.20. The van der Waals surface area contributed by atoms with Crippen LogP contribution in [-0.4, -0.2) is 36.2 Å². The van der Waals surface area contributed by atoms with Crippen LogP contribution in [0.2, 0.25) is 0 Å². The summed E-state index contributed by atoms with van der Waals surface area (Å²) >= 11 is 0. The average molecular weight is 377 g/mol. The van der Waals surface area contributed by atoms with Crippen molar-refractivity contribution in [3.05, 3.63) is 53.6 Å². The van der Waals surface area contributed by atoms with Gasteiger partial charge in [-0.05, 0) is 52.2 Å². The second-order valence-electron chi connectivity index (χ2n) is 7.12. The van der Waals surface area contributed by atoms with E-state index >= 15 is 0 Å². The predicted octanol–water partition coefficient (Wildman–Crippen LogP) is 4.84. The summed E-state index contributed by atoms with van der Waals surface area (Å²) in [6.45, 7) is 4.53. The summed E-state index contributed by atoms with van der Waals surface area (Å²) in [5.74, 6) is 2.37. The van der Waals surface area contributed by atoms with Gasteiger partial charge in [-0.15, -0.1) is 0 Å². The van der Waals surface area contributed by atoms with Gasteiger partial charge in [0, 0.05) is 10.9 Å². The Labute approximate surface area is 163 Å². The molecule has 0 amide bonds. The fourth-order valence-corrected chi connectivity index (χ4v) is 3.49. The van der Waals surface area contributed by atoms with Crippen LogP contribution in [0.5, 0.6) is 5.75 Å². The number of hydrogen-bond donors (Lipinski definition) is 0. The number of nitrogens with zero attached hydrogens (tertiary/aromatic N) is 3. The van der Waals surface area contributed by atoms with Crippen molar-refractivity contribution in [1.82, 2.24) is 15.0 Å². The third kappa shape index (κ3) is 3.16. The van der Waals surface area contributed by atoms with Gasteiger partial charge in [0.25, 0.3) is 0 Å². The molecule has 0 N–H and O–H groups in total. The first kappa shape index (κ1) is 18.3. The topological polar surface area (TPSA) is 64.5 Å². The third-order valence-electron chi connectivity index (χ3n) is 4.68. The first-order chi connectivity index (χ1) is 13.5. The number of rotatable bonds is 5. The van der Waals surface area contributed by atoms with Crippen LogP contribution in [0.1, 0.15) is 17.2 Å². The first-order valence-electron chi connectivity index (χ1n) is 9.12. The molecule has 1 aromatic carbocycles. The smallest absolute Gasteiger partial charge is 0.160 e. The van der Waals surface area contributed by atoms with Crippen LogP contribution in [0.4, 0.5) is 0 Å². The molecule has 3 aromatic heterocycles. The van der Waals surface area contributed by atoms with E-state index in [1.807, 2.05) is 58.3 Å². The number of benzene rings is 1. The van der Waals surface area contributed by atoms with Crippen molar-refractivity contribution >= 4 is 11.0 Å². The van der Waals surface area contributed by atoms with Crippen LogP contribution >= 0.6 is 0 Å². The fraction of sp³-hybridized carbons (Fsp3) is 0.273. The van der Waals surface area contributed by atoms with Gasteiger partial charge in [-0.3, -0.25) is 0 Å². The molecule has 0 spiro atoms. The molecule has 0 radical (unpaired) electrons. The summed E-state index contributed by atoms with van der Waals surface area (Å²) in [5, 5.41) is 5.07. The number of ether oxygens (including phenoxy) is 1. The predicted molar refractivity (Wildman–Crippen MR) is 108 cm³/mol. The molecule has 28 heavy (non-hydrogen) atoms. The zero-order chi connectivity index (χ0) is 19.8. The molecule has 0 saturated carbocycles. The highest BCUT2D eigenvalue weighted by atomic mass is 16.5. The molecule has 0 aliphatic rings. The number of pyridine rings is 1. The molecule has 3 heterocycles. The molecule has 0 fully saturated rings. The van der Waals surface area contributed by atoms with E-state index in [9.17, 15) is 0 Å². The number of para-hydroxylation sites is 1. The van der Waals surface area contributed by atoms with Gasteiger partial charge < -0.3 is 18.6 Å². The summed E-state index contributed by atoms with van der Waals surface area (Å²) < 4.78 is 17.1. The number of aryl methyl sites for hydroxylation is 2. The molecule has 6 heteroatoms. The third-order valence-corrected chi connectivity index (χ3v) is 4.68. The van der Waals surface area contributed by atoms with Crippen molar-refractivity contribution in [2.75, 3.05) is 21.2 Å². The van der Waals surface area contributed by atoms with Crippen molar-refractivity contribution < 1.29 is 13.7 Å². The highest BCUT2D eigenvalue weighted by Crippen LogP contribution is 2.38. The van der Waals surface area contributed by atoms with E-state index in [2.05, 4.69) is 16.1 Å². The largest absolute Gasteiger partial charge is 0.496 e. The Balaban J connectivity index is 2.01. The zero-order valence-electron chi connectivity index (χ0n) is 16.7. The van der Waals surface area contributed by atoms with Crippen LogP contribution < -0.4 is 4.74 Å². The highest BCUT2D eigenvalue weighted by molar-refractivity contribution is 5.95. The maximum Gasteiger partial charge on any atom is 0.160 e. The standard InChI is InChI=1S/C22H23N3O3/c1-13-20(14(2)28-24-13)18-11-15-10-16(12-25(3)4)27-22(15)21(23-18)17-8-6-7-9-19(17)26-5/h6-11H,12H2,1-5H3. The monoisotopic (exact) mass is 377 g/mol. The molecule has 4 rings (SSSR count). The normalized spacial score (nSPS) is 11.5. The molecule has 6 nitrogen and oxygen atoms in total. The number of hydrogen-bond acceptors (Lipinski definition) is 6. The second kappa shape index (κ2) is 7.13. The SMILES string of the molecule is COc1ccccc1-c1nc(-c2c(C)noc2C)cc2cc(CN(C)C)oc12. The minimum Gasteiger partial charge on any atom is -0.496 e. The molecule has 4 aromatic rings. The molecular weight excluding hydrogens is 354 g/mol. The van der Waals surface area contributed by atoms with Gasteiger partial charge in [-0.25, -0.2) is 4.98 Å². The molecule has 0 bridgehead atoms. The van der Waals surface area contributed by atoms with Crippen LogP contribution in [-0.2, 0) is 6.54 Å². The molecule has 0 unspecified atom stereocenters. The lowest BCUT2D eigenvalue weighted by Crippen LogP contribution is -2.09. The van der Waals surface area contributed by atoms with Crippen molar-refractivity contribution in [1.29, 1.82) is 0 Å². The average Bonchev–Trinajstić information content (AvgIpc) is 3.22. The quantitative estimate of drug-likeness (QED) is 0.496. The Hall–Kier alpha value is -3.12. The van der Waals surface area contributed by atoms with E-state index in [0.29, 0.717) is 6.54 Å². The molecule has 0 atom stereocenters. The molecule has 0 saturated heterocycles. The summed E-state index contributed by atoms with van der Waals surface area (Å²) in [4.78, 5) is 7.02. The lowest BCUT2D eigenvalue weighted by atomic mass is 10.0. The van der Waals surface area contributed by atoms with Crippen LogP contribution in [0, 0.1) is 13.8 Å². The number of methoxy groups -OCH3 is 1. The summed E-state index contributed by atoms with van der Waals surface area (Å²) in [6, 6.07) is 11.9. The van der Waals surface area contributed by atoms with Crippen LogP contribution in [0.3, 0.4) is 0 Å². The van der Waals surface area contributed by atoms with E-state index in [0.717, 1.165) is 56.4 Å². The molecule has 0 aliphatic carbocycles. The van der Waals surface area contributed by atoms with Gasteiger partial charge in [0.2, 0.25) is 0 Å². The maximum absolute atomic E-state index is 6.20. The molecule has 144 valence electrons. The summed E-state index contributed by atoms with van der Waals surface area (Å²) in [7, 11) is 5.69. The Kier molecular flexibility index (Phi) is 4.65. The van der Waals surface area contributed by atoms with Gasteiger partial charge in [0.05, 0.1) is 30.6 Å². The number of fused-ring (bicyclic) bond motifs is 1. The Morgan fingerprint density at radius 2 is 1.89 bits per heavy atom. The van der Waals surface area contributed by atoms with Gasteiger partial charge in [-0.1, -0.05) is 17.3 Å². The summed E-state index contributed by atoms with van der Waals surface area (Å²) in [5.41, 5.74) is 4.91. The number of furan rings is 1. The van der Waals surface area contributed by atoms with E-state index in [1.54, 1.807) is 7.11 Å². The van der Waals surface area contributed by atoms with Crippen molar-refractivity contribution in [3.8, 4) is 28.3 Å². The van der Waals surface area contributed by atoms with E-state index in [-0.39, 0.29) is 0 Å². The summed E-state index contributed by atoms with van der Waals surface area (Å²) in [6.07, 6.45) is 0. The lowest BCUT2D eigenvalue weighted by Gasteiger charge is -2.10. The first-order valence-corrected chi connectivity index (χ1v) is 9.12. The van der Waals surface area contributed by atoms with E-state index in [4.69, 9.17) is 18.7 Å². The minimum atomic E-state index is 0.709. The van der Waals surface area contributed by atoms with Crippen molar-refractivity contribution in [3.63, 3.8) is 0 Å². The van der Waals surface area contributed by atoms with Gasteiger partial charge in [0.15, 0.2) is 5.58 Å². The fourth-order valence-electron chi connectivity index (χ4n) is 3.49. The second-order valence-corrected chi connectivity index (χ2v) is 7.12. The highest BCUT2D eigenvalue weighted by Gasteiger charge is 2.20. The van der Waals surface area contributed by atoms with Gasteiger partial charge >= 0.3 is 0 Å². The van der Waals surface area contributed by atoms with Gasteiger partial charge in [-0.2, -0.15) is 0 Å². The lowest BCUT2D eigenvalue weighted by molar-refractivity contribution is 0.358. The van der Waals surface area contributed by atoms with E-state index in [1.165, 1.54) is 0 Å². The van der Waals surface area contributed by atoms with Crippen molar-refractivity contribution in [2.24, 2.45) is 0 Å². The van der Waals surface area contributed by atoms with E-state index < -0.39 is 0 Å². The van der Waals surface area contributed by atoms with Gasteiger partial charge in [0.1, 0.15) is 23.0 Å². The zero-order valence-corrected chi connectivity index (χ0v) is 16.7.